The zero-order valence-corrected chi connectivity index (χ0v) is 24.1. The van der Waals surface area contributed by atoms with Gasteiger partial charge in [0.05, 0.1) is 18.2 Å². The Morgan fingerprint density at radius 1 is 1.21 bits per heavy atom. The number of nitrogens with zero attached hydrogens (tertiary/aromatic N) is 3. The van der Waals surface area contributed by atoms with E-state index in [9.17, 15) is 27.6 Å². The number of hydrogen-bond acceptors (Lipinski definition) is 8. The molecular formula is C29H28F3N5O5S. The molecule has 4 heterocycles. The minimum atomic E-state index is -4.65. The molecule has 1 aromatic carbocycles. The minimum Gasteiger partial charge on any atom is -0.462 e. The average Bonchev–Trinajstić information content (AvgIpc) is 3.67. The van der Waals surface area contributed by atoms with Gasteiger partial charge < -0.3 is 19.4 Å². The van der Waals surface area contributed by atoms with Crippen molar-refractivity contribution < 1.29 is 32.2 Å². The summed E-state index contributed by atoms with van der Waals surface area (Å²) in [6.45, 7) is 4.86. The number of rotatable bonds is 8. The molecule has 1 saturated heterocycles. The van der Waals surface area contributed by atoms with Gasteiger partial charge in [-0.3, -0.25) is 10.1 Å². The lowest BCUT2D eigenvalue weighted by Gasteiger charge is -2.18. The van der Waals surface area contributed by atoms with Gasteiger partial charge in [-0.25, -0.2) is 19.6 Å². The van der Waals surface area contributed by atoms with Crippen molar-refractivity contribution in [3.63, 3.8) is 0 Å². The summed E-state index contributed by atoms with van der Waals surface area (Å²) in [5, 5.41) is 6.29. The van der Waals surface area contributed by atoms with Crippen LogP contribution < -0.4 is 16.1 Å². The molecule has 0 spiro atoms. The van der Waals surface area contributed by atoms with Crippen molar-refractivity contribution in [1.29, 1.82) is 0 Å². The van der Waals surface area contributed by atoms with E-state index in [0.717, 1.165) is 29.6 Å². The summed E-state index contributed by atoms with van der Waals surface area (Å²) in [4.78, 5) is 46.5. The van der Waals surface area contributed by atoms with Gasteiger partial charge >= 0.3 is 18.2 Å². The second-order valence-corrected chi connectivity index (χ2v) is 10.6. The first kappa shape index (κ1) is 30.2. The molecule has 10 nitrogen and oxygen atoms in total. The molecule has 14 heteroatoms. The smallest absolute Gasteiger partial charge is 0.434 e. The predicted molar refractivity (Wildman–Crippen MR) is 155 cm³/mol. The number of carbonyl (C=O) groups excluding carboxylic acids is 2. The van der Waals surface area contributed by atoms with E-state index in [2.05, 4.69) is 20.6 Å². The number of thiazole rings is 1. The van der Waals surface area contributed by atoms with Gasteiger partial charge in [0.2, 0.25) is 5.43 Å². The number of urea groups is 1. The van der Waals surface area contributed by atoms with Gasteiger partial charge in [0.1, 0.15) is 16.4 Å². The number of hydrogen-bond donors (Lipinski definition) is 2. The summed E-state index contributed by atoms with van der Waals surface area (Å²) < 4.78 is 53.0. The van der Waals surface area contributed by atoms with Gasteiger partial charge in [0.15, 0.2) is 5.69 Å². The highest BCUT2D eigenvalue weighted by Crippen LogP contribution is 2.39. The van der Waals surface area contributed by atoms with Gasteiger partial charge in [-0.2, -0.15) is 13.2 Å². The number of esters is 1. The highest BCUT2D eigenvalue weighted by molar-refractivity contribution is 7.13. The molecule has 4 aromatic rings. The Hall–Kier alpha value is -4.30. The normalized spacial score (nSPS) is 15.0. The molecule has 226 valence electrons. The number of anilines is 1. The van der Waals surface area contributed by atoms with Crippen molar-refractivity contribution in [3.05, 3.63) is 63.5 Å². The topological polar surface area (TPSA) is 124 Å². The quantitative estimate of drug-likeness (QED) is 0.244. The number of aromatic nitrogens is 3. The molecule has 2 N–H and O–H groups in total. The number of halogens is 3. The summed E-state index contributed by atoms with van der Waals surface area (Å²) in [6, 6.07) is 5.89. The molecule has 3 aromatic heterocycles. The van der Waals surface area contributed by atoms with E-state index in [-0.39, 0.29) is 40.0 Å². The fraction of sp³-hybridized carbons (Fsp3) is 0.345. The maximum atomic E-state index is 13.6. The van der Waals surface area contributed by atoms with Crippen LogP contribution in [0.15, 0.2) is 46.8 Å². The second-order valence-electron chi connectivity index (χ2n) is 9.75. The van der Waals surface area contributed by atoms with E-state index in [1.54, 1.807) is 36.6 Å². The van der Waals surface area contributed by atoms with Crippen molar-refractivity contribution in [3.8, 4) is 21.7 Å². The highest BCUT2D eigenvalue weighted by atomic mass is 32.1. The van der Waals surface area contributed by atoms with Gasteiger partial charge in [0, 0.05) is 54.0 Å². The van der Waals surface area contributed by atoms with Gasteiger partial charge in [0.25, 0.3) is 0 Å². The predicted octanol–water partition coefficient (Wildman–Crippen LogP) is 5.70. The molecule has 1 aliphatic heterocycles. The van der Waals surface area contributed by atoms with Crippen LogP contribution in [-0.4, -0.2) is 52.4 Å². The zero-order chi connectivity index (χ0) is 30.7. The fourth-order valence-corrected chi connectivity index (χ4v) is 5.71. The lowest BCUT2D eigenvalue weighted by Crippen LogP contribution is -2.28. The minimum absolute atomic E-state index is 0.0415. The first-order valence-corrected chi connectivity index (χ1v) is 14.5. The van der Waals surface area contributed by atoms with Crippen LogP contribution in [0.1, 0.15) is 42.7 Å². The molecule has 0 aliphatic carbocycles. The summed E-state index contributed by atoms with van der Waals surface area (Å²) in [5.41, 5.74) is -0.0975. The van der Waals surface area contributed by atoms with Crippen LogP contribution in [0, 0.1) is 0 Å². The van der Waals surface area contributed by atoms with E-state index in [1.165, 1.54) is 18.5 Å². The number of pyridine rings is 2. The first-order valence-electron chi connectivity index (χ1n) is 13.6. The molecule has 1 fully saturated rings. The molecule has 1 unspecified atom stereocenters. The second kappa shape index (κ2) is 12.5. The Kier molecular flexibility index (Phi) is 8.78. The Morgan fingerprint density at radius 3 is 2.70 bits per heavy atom. The lowest BCUT2D eigenvalue weighted by molar-refractivity contribution is -0.140. The summed E-state index contributed by atoms with van der Waals surface area (Å²) in [5.74, 6) is -0.663. The van der Waals surface area contributed by atoms with Gasteiger partial charge in [-0.1, -0.05) is 6.07 Å². The van der Waals surface area contributed by atoms with Crippen molar-refractivity contribution in [2.45, 2.75) is 45.5 Å². The zero-order valence-electron chi connectivity index (χ0n) is 23.3. The van der Waals surface area contributed by atoms with Crippen LogP contribution in [-0.2, 0) is 22.2 Å². The van der Waals surface area contributed by atoms with Gasteiger partial charge in [-0.15, -0.1) is 11.3 Å². The Labute approximate surface area is 247 Å². The molecule has 1 aliphatic rings. The van der Waals surface area contributed by atoms with Crippen LogP contribution in [0.5, 0.6) is 0 Å². The van der Waals surface area contributed by atoms with Crippen molar-refractivity contribution in [1.82, 2.24) is 19.9 Å². The molecule has 5 rings (SSSR count). The largest absolute Gasteiger partial charge is 0.462 e. The Balaban J connectivity index is 1.67. The lowest BCUT2D eigenvalue weighted by atomic mass is 9.99. The number of fused-ring (bicyclic) bond motifs is 1. The molecule has 0 saturated carbocycles. The third-order valence-corrected chi connectivity index (χ3v) is 7.69. The number of amides is 2. The summed E-state index contributed by atoms with van der Waals surface area (Å²) in [7, 11) is 0. The van der Waals surface area contributed by atoms with Crippen LogP contribution in [0.2, 0.25) is 0 Å². The van der Waals surface area contributed by atoms with Crippen LogP contribution in [0.4, 0.5) is 23.8 Å². The van der Waals surface area contributed by atoms with Crippen molar-refractivity contribution in [2.24, 2.45) is 0 Å². The molecular weight excluding hydrogens is 587 g/mol. The maximum Gasteiger partial charge on any atom is 0.434 e. The number of carbonyl (C=O) groups is 2. The van der Waals surface area contributed by atoms with Crippen LogP contribution >= 0.6 is 11.3 Å². The van der Waals surface area contributed by atoms with Crippen LogP contribution in [0.3, 0.4) is 0 Å². The fourth-order valence-electron chi connectivity index (χ4n) is 4.86. The van der Waals surface area contributed by atoms with Gasteiger partial charge in [-0.05, 0) is 50.5 Å². The highest BCUT2D eigenvalue weighted by Gasteiger charge is 2.34. The SMILES string of the molecule is CCNC(=O)Nc1cc(-c2nc(C(F)(F)F)cs2)c(-c2ccc3c(c2)c(=O)c(C(=O)OCC)cn3CC2CCCO2)cn1. The molecule has 1 atom stereocenters. The number of ether oxygens (including phenoxy) is 2. The number of alkyl halides is 3. The van der Waals surface area contributed by atoms with Crippen LogP contribution in [0.25, 0.3) is 32.6 Å². The van der Waals surface area contributed by atoms with E-state index < -0.39 is 29.3 Å². The Morgan fingerprint density at radius 2 is 2.02 bits per heavy atom. The molecule has 0 bridgehead atoms. The Bertz CT molecular complexity index is 1730. The van der Waals surface area contributed by atoms with E-state index in [0.29, 0.717) is 36.3 Å². The molecule has 2 amide bonds. The molecule has 43 heavy (non-hydrogen) atoms. The third kappa shape index (κ3) is 6.54. The summed E-state index contributed by atoms with van der Waals surface area (Å²) >= 11 is 0.787. The van der Waals surface area contributed by atoms with E-state index in [1.807, 2.05) is 0 Å². The van der Waals surface area contributed by atoms with E-state index >= 15 is 0 Å². The van der Waals surface area contributed by atoms with Crippen molar-refractivity contribution >= 4 is 40.1 Å². The van der Waals surface area contributed by atoms with Crippen molar-refractivity contribution in [2.75, 3.05) is 25.1 Å². The maximum absolute atomic E-state index is 13.6. The monoisotopic (exact) mass is 615 g/mol. The number of benzene rings is 1. The third-order valence-electron chi connectivity index (χ3n) is 6.82. The standard InChI is InChI=1S/C29H28F3N5O5S/c1-3-33-28(40)36-24-11-18(26-35-23(15-43-26)29(30,31)32)20(12-34-24)16-7-8-22-19(10-16)25(38)21(27(39)41-4-2)14-37(22)13-17-6-5-9-42-17/h7-8,10-12,14-15,17H,3-6,9,13H2,1-2H3,(H2,33,34,36,40). The van der Waals surface area contributed by atoms with E-state index in [4.69, 9.17) is 9.47 Å². The average molecular weight is 616 g/mol. The first-order chi connectivity index (χ1) is 20.6. The molecule has 0 radical (unpaired) electrons. The number of nitrogens with one attached hydrogen (secondary N) is 2. The summed E-state index contributed by atoms with van der Waals surface area (Å²) in [6.07, 6.45) is -0.121.